The second kappa shape index (κ2) is 7.51. The van der Waals surface area contributed by atoms with Gasteiger partial charge in [0.2, 0.25) is 0 Å². The van der Waals surface area contributed by atoms with Crippen molar-refractivity contribution >= 4 is 18.1 Å². The van der Waals surface area contributed by atoms with Crippen LogP contribution in [0.2, 0.25) is 0 Å². The van der Waals surface area contributed by atoms with Crippen molar-refractivity contribution in [2.45, 2.75) is 6.54 Å². The number of likely N-dealkylation sites (N-methyl/N-ethyl adjacent to an activating group) is 1. The van der Waals surface area contributed by atoms with Gasteiger partial charge in [-0.05, 0) is 31.8 Å². The number of benzene rings is 1. The van der Waals surface area contributed by atoms with Crippen LogP contribution in [0.15, 0.2) is 24.3 Å². The van der Waals surface area contributed by atoms with E-state index in [0.29, 0.717) is 6.54 Å². The number of nitrogens with two attached hydrogens (primary N) is 1. The average Bonchev–Trinajstić information content (AvgIpc) is 2.18. The van der Waals surface area contributed by atoms with Gasteiger partial charge in [-0.3, -0.25) is 0 Å². The molecule has 0 aliphatic rings. The number of hydrogen-bond donors (Lipinski definition) is 2. The number of hydrogen-bond acceptors (Lipinski definition) is 3. The summed E-state index contributed by atoms with van der Waals surface area (Å²) in [6, 6.07) is 8.22. The van der Waals surface area contributed by atoms with Gasteiger partial charge in [0.05, 0.1) is 0 Å². The Morgan fingerprint density at radius 2 is 2.07 bits per heavy atom. The maximum Gasteiger partial charge on any atom is 0.0343 e. The van der Waals surface area contributed by atoms with Gasteiger partial charge in [-0.25, -0.2) is 0 Å². The first kappa shape index (κ1) is 14.2. The third-order valence-electron chi connectivity index (χ3n) is 2.05. The normalized spacial score (nSPS) is 9.87. The number of anilines is 1. The molecule has 0 aliphatic heterocycles. The first-order chi connectivity index (χ1) is 6.72. The van der Waals surface area contributed by atoms with E-state index in [1.54, 1.807) is 0 Å². The zero-order valence-corrected chi connectivity index (χ0v) is 10.2. The number of nitrogens with zero attached hydrogens (tertiary/aromatic N) is 1. The molecule has 0 heterocycles. The molecule has 0 fully saturated rings. The largest absolute Gasteiger partial charge is 0.384 e. The summed E-state index contributed by atoms with van der Waals surface area (Å²) in [6.07, 6.45) is 0. The topological polar surface area (TPSA) is 41.3 Å². The van der Waals surface area contributed by atoms with Crippen LogP contribution in [-0.4, -0.2) is 32.1 Å². The molecule has 0 aliphatic carbocycles. The van der Waals surface area contributed by atoms with Gasteiger partial charge in [-0.2, -0.15) is 0 Å². The van der Waals surface area contributed by atoms with Gasteiger partial charge in [0.1, 0.15) is 0 Å². The van der Waals surface area contributed by atoms with Crippen LogP contribution in [0, 0.1) is 0 Å². The summed E-state index contributed by atoms with van der Waals surface area (Å²) in [5.74, 6) is 0. The Morgan fingerprint density at radius 1 is 1.33 bits per heavy atom. The summed E-state index contributed by atoms with van der Waals surface area (Å²) < 4.78 is 0. The molecule has 0 amide bonds. The van der Waals surface area contributed by atoms with E-state index < -0.39 is 0 Å². The fourth-order valence-corrected chi connectivity index (χ4v) is 1.23. The van der Waals surface area contributed by atoms with Crippen molar-refractivity contribution in [2.75, 3.05) is 32.5 Å². The van der Waals surface area contributed by atoms with Crippen molar-refractivity contribution in [3.8, 4) is 0 Å². The lowest BCUT2D eigenvalue weighted by Gasteiger charge is -2.11. The molecule has 0 saturated carbocycles. The van der Waals surface area contributed by atoms with Gasteiger partial charge in [0.15, 0.2) is 0 Å². The predicted octanol–water partition coefficient (Wildman–Crippen LogP) is 1.54. The second-order valence-electron chi connectivity index (χ2n) is 3.63. The van der Waals surface area contributed by atoms with Crippen LogP contribution < -0.4 is 11.1 Å². The fraction of sp³-hybridized carbons (Fsp3) is 0.455. The van der Waals surface area contributed by atoms with Crippen LogP contribution in [0.4, 0.5) is 5.69 Å². The van der Waals surface area contributed by atoms with Gasteiger partial charge in [0, 0.05) is 25.3 Å². The summed E-state index contributed by atoms with van der Waals surface area (Å²) in [5, 5.41) is 3.35. The van der Waals surface area contributed by atoms with E-state index in [-0.39, 0.29) is 12.4 Å². The number of halogens is 1. The van der Waals surface area contributed by atoms with Gasteiger partial charge in [0.25, 0.3) is 0 Å². The molecule has 0 saturated heterocycles. The molecule has 1 aromatic rings. The third kappa shape index (κ3) is 5.62. The summed E-state index contributed by atoms with van der Waals surface area (Å²) in [7, 11) is 4.13. The van der Waals surface area contributed by atoms with Gasteiger partial charge in [-0.15, -0.1) is 12.4 Å². The van der Waals surface area contributed by atoms with E-state index in [1.165, 1.54) is 5.56 Å². The molecule has 0 bridgehead atoms. The fourth-order valence-electron chi connectivity index (χ4n) is 1.23. The summed E-state index contributed by atoms with van der Waals surface area (Å²) in [5.41, 5.74) is 7.87. The van der Waals surface area contributed by atoms with E-state index in [1.807, 2.05) is 12.1 Å². The molecule has 86 valence electrons. The van der Waals surface area contributed by atoms with Crippen molar-refractivity contribution < 1.29 is 0 Å². The predicted molar refractivity (Wildman–Crippen MR) is 68.6 cm³/mol. The monoisotopic (exact) mass is 229 g/mol. The lowest BCUT2D eigenvalue weighted by atomic mass is 10.2. The van der Waals surface area contributed by atoms with E-state index in [4.69, 9.17) is 5.73 Å². The standard InChI is InChI=1S/C11H19N3.ClH/c1-14(2)7-6-13-11-5-3-4-10(8-11)9-12;/h3-5,8,13H,6-7,9,12H2,1-2H3;1H. The Morgan fingerprint density at radius 3 is 2.67 bits per heavy atom. The Hall–Kier alpha value is -0.770. The molecule has 4 heteroatoms. The highest BCUT2D eigenvalue weighted by atomic mass is 35.5. The van der Waals surface area contributed by atoms with Crippen LogP contribution in [0.25, 0.3) is 0 Å². The first-order valence-corrected chi connectivity index (χ1v) is 4.90. The molecule has 1 rings (SSSR count). The number of rotatable bonds is 5. The summed E-state index contributed by atoms with van der Waals surface area (Å²) in [6.45, 7) is 2.59. The van der Waals surface area contributed by atoms with Crippen LogP contribution >= 0.6 is 12.4 Å². The van der Waals surface area contributed by atoms with Crippen molar-refractivity contribution in [1.82, 2.24) is 4.90 Å². The maximum atomic E-state index is 5.56. The zero-order chi connectivity index (χ0) is 10.4. The van der Waals surface area contributed by atoms with E-state index in [0.717, 1.165) is 18.8 Å². The lowest BCUT2D eigenvalue weighted by Crippen LogP contribution is -2.20. The summed E-state index contributed by atoms with van der Waals surface area (Å²) in [4.78, 5) is 2.15. The van der Waals surface area contributed by atoms with Crippen molar-refractivity contribution in [3.63, 3.8) is 0 Å². The van der Waals surface area contributed by atoms with E-state index >= 15 is 0 Å². The van der Waals surface area contributed by atoms with Crippen LogP contribution in [0.5, 0.6) is 0 Å². The molecule has 15 heavy (non-hydrogen) atoms. The SMILES string of the molecule is CN(C)CCNc1cccc(CN)c1.Cl. The van der Waals surface area contributed by atoms with Crippen molar-refractivity contribution in [1.29, 1.82) is 0 Å². The third-order valence-corrected chi connectivity index (χ3v) is 2.05. The second-order valence-corrected chi connectivity index (χ2v) is 3.63. The highest BCUT2D eigenvalue weighted by Crippen LogP contribution is 2.09. The van der Waals surface area contributed by atoms with Crippen molar-refractivity contribution in [2.24, 2.45) is 5.73 Å². The molecular formula is C11H20ClN3. The molecule has 0 spiro atoms. The van der Waals surface area contributed by atoms with Crippen LogP contribution in [0.3, 0.4) is 0 Å². The van der Waals surface area contributed by atoms with E-state index in [2.05, 4.69) is 36.4 Å². The molecule has 0 radical (unpaired) electrons. The average molecular weight is 230 g/mol. The summed E-state index contributed by atoms with van der Waals surface area (Å²) >= 11 is 0. The molecule has 0 aromatic heterocycles. The molecule has 3 N–H and O–H groups in total. The smallest absolute Gasteiger partial charge is 0.0343 e. The number of nitrogens with one attached hydrogen (secondary N) is 1. The Balaban J connectivity index is 0.00000196. The van der Waals surface area contributed by atoms with Crippen LogP contribution in [-0.2, 0) is 6.54 Å². The van der Waals surface area contributed by atoms with Crippen LogP contribution in [0.1, 0.15) is 5.56 Å². The Labute approximate surface area is 98.1 Å². The highest BCUT2D eigenvalue weighted by Gasteiger charge is 1.94. The minimum absolute atomic E-state index is 0. The molecular weight excluding hydrogens is 210 g/mol. The first-order valence-electron chi connectivity index (χ1n) is 4.90. The maximum absolute atomic E-state index is 5.56. The van der Waals surface area contributed by atoms with Crippen molar-refractivity contribution in [3.05, 3.63) is 29.8 Å². The lowest BCUT2D eigenvalue weighted by molar-refractivity contribution is 0.425. The van der Waals surface area contributed by atoms with E-state index in [9.17, 15) is 0 Å². The Kier molecular flexibility index (Phi) is 7.13. The molecule has 1 aromatic carbocycles. The molecule has 3 nitrogen and oxygen atoms in total. The highest BCUT2D eigenvalue weighted by molar-refractivity contribution is 5.85. The quantitative estimate of drug-likeness (QED) is 0.805. The minimum Gasteiger partial charge on any atom is -0.384 e. The van der Waals surface area contributed by atoms with Gasteiger partial charge < -0.3 is 16.0 Å². The minimum atomic E-state index is 0. The van der Waals surface area contributed by atoms with Gasteiger partial charge in [-0.1, -0.05) is 12.1 Å². The zero-order valence-electron chi connectivity index (χ0n) is 9.36. The Bertz CT molecular complexity index is 276. The molecule has 0 atom stereocenters. The molecule has 0 unspecified atom stereocenters. The van der Waals surface area contributed by atoms with Gasteiger partial charge >= 0.3 is 0 Å².